The van der Waals surface area contributed by atoms with Gasteiger partial charge in [0.15, 0.2) is 0 Å². The van der Waals surface area contributed by atoms with Crippen molar-refractivity contribution in [3.8, 4) is 5.69 Å². The van der Waals surface area contributed by atoms with Gasteiger partial charge in [0.2, 0.25) is 0 Å². The lowest BCUT2D eigenvalue weighted by Crippen LogP contribution is -2.25. The van der Waals surface area contributed by atoms with Crippen molar-refractivity contribution in [3.63, 3.8) is 0 Å². The van der Waals surface area contributed by atoms with Gasteiger partial charge in [0.1, 0.15) is 12.7 Å². The van der Waals surface area contributed by atoms with Crippen LogP contribution in [0, 0.1) is 6.92 Å². The summed E-state index contributed by atoms with van der Waals surface area (Å²) < 4.78 is 1.77. The Bertz CT molecular complexity index is 525. The summed E-state index contributed by atoms with van der Waals surface area (Å²) in [6, 6.07) is 6.76. The maximum Gasteiger partial charge on any atom is 0.138 e. The van der Waals surface area contributed by atoms with Crippen LogP contribution in [0.4, 0.5) is 0 Å². The van der Waals surface area contributed by atoms with E-state index in [-0.39, 0.29) is 6.61 Å². The second-order valence-corrected chi connectivity index (χ2v) is 5.11. The highest BCUT2D eigenvalue weighted by atomic mass is 16.2. The molecular formula is C15H22N4O. The molecular weight excluding hydrogens is 252 g/mol. The van der Waals surface area contributed by atoms with Crippen molar-refractivity contribution in [2.75, 3.05) is 6.61 Å². The van der Waals surface area contributed by atoms with E-state index in [0.29, 0.717) is 6.04 Å². The van der Waals surface area contributed by atoms with Gasteiger partial charge in [-0.05, 0) is 43.9 Å². The molecule has 1 aromatic heterocycles. The molecule has 20 heavy (non-hydrogen) atoms. The molecule has 108 valence electrons. The summed E-state index contributed by atoms with van der Waals surface area (Å²) in [7, 11) is 0. The van der Waals surface area contributed by atoms with Gasteiger partial charge >= 0.3 is 0 Å². The first-order chi connectivity index (χ1) is 9.70. The maximum absolute atomic E-state index is 8.82. The largest absolute Gasteiger partial charge is 0.396 e. The Morgan fingerprint density at radius 2 is 2.25 bits per heavy atom. The zero-order chi connectivity index (χ0) is 14.4. The van der Waals surface area contributed by atoms with E-state index in [1.165, 1.54) is 17.5 Å². The molecule has 0 bridgehead atoms. The molecule has 0 radical (unpaired) electrons. The van der Waals surface area contributed by atoms with Gasteiger partial charge in [-0.1, -0.05) is 12.1 Å². The van der Waals surface area contributed by atoms with E-state index in [2.05, 4.69) is 47.4 Å². The van der Waals surface area contributed by atoms with E-state index in [4.69, 9.17) is 5.11 Å². The van der Waals surface area contributed by atoms with Crippen LogP contribution in [0.2, 0.25) is 0 Å². The highest BCUT2D eigenvalue weighted by molar-refractivity contribution is 5.41. The number of aliphatic hydroxyl groups excluding tert-OH is 1. The van der Waals surface area contributed by atoms with Gasteiger partial charge in [0.25, 0.3) is 0 Å². The molecule has 1 unspecified atom stereocenters. The lowest BCUT2D eigenvalue weighted by atomic mass is 10.1. The maximum atomic E-state index is 8.82. The van der Waals surface area contributed by atoms with Crippen molar-refractivity contribution >= 4 is 0 Å². The molecule has 1 atom stereocenters. The number of nitrogens with zero attached hydrogens (tertiary/aromatic N) is 3. The number of hydrogen-bond acceptors (Lipinski definition) is 4. The minimum atomic E-state index is 0.262. The third-order valence-electron chi connectivity index (χ3n) is 3.38. The third kappa shape index (κ3) is 3.88. The topological polar surface area (TPSA) is 63.0 Å². The molecule has 0 saturated carbocycles. The molecule has 5 nitrogen and oxygen atoms in total. The van der Waals surface area contributed by atoms with E-state index in [1.807, 2.05) is 0 Å². The molecule has 2 rings (SSSR count). The van der Waals surface area contributed by atoms with E-state index in [1.54, 1.807) is 11.0 Å². The van der Waals surface area contributed by atoms with Crippen molar-refractivity contribution in [2.45, 2.75) is 39.3 Å². The fourth-order valence-corrected chi connectivity index (χ4v) is 2.21. The number of aliphatic hydroxyl groups is 1. The Morgan fingerprint density at radius 1 is 1.40 bits per heavy atom. The first-order valence-electron chi connectivity index (χ1n) is 6.99. The Morgan fingerprint density at radius 3 is 2.90 bits per heavy atom. The SMILES string of the molecule is Cc1cc(CNC(C)CCCO)ccc1-n1cncn1. The Hall–Kier alpha value is -1.72. The number of benzene rings is 1. The lowest BCUT2D eigenvalue weighted by molar-refractivity contribution is 0.276. The average molecular weight is 274 g/mol. The van der Waals surface area contributed by atoms with Gasteiger partial charge in [0.05, 0.1) is 5.69 Å². The smallest absolute Gasteiger partial charge is 0.138 e. The average Bonchev–Trinajstić information content (AvgIpc) is 2.97. The fraction of sp³-hybridized carbons (Fsp3) is 0.467. The Kier molecular flexibility index (Phi) is 5.26. The van der Waals surface area contributed by atoms with Gasteiger partial charge in [-0.2, -0.15) is 5.10 Å². The second kappa shape index (κ2) is 7.17. The van der Waals surface area contributed by atoms with Crippen molar-refractivity contribution in [3.05, 3.63) is 42.0 Å². The molecule has 2 aromatic rings. The van der Waals surface area contributed by atoms with Crippen LogP contribution in [-0.4, -0.2) is 32.5 Å². The predicted octanol–water partition coefficient (Wildman–Crippen LogP) is 1.83. The number of hydrogen-bond donors (Lipinski definition) is 2. The molecule has 0 aliphatic heterocycles. The van der Waals surface area contributed by atoms with E-state index in [9.17, 15) is 0 Å². The zero-order valence-electron chi connectivity index (χ0n) is 12.1. The fourth-order valence-electron chi connectivity index (χ4n) is 2.21. The van der Waals surface area contributed by atoms with Crippen molar-refractivity contribution in [2.24, 2.45) is 0 Å². The molecule has 0 aliphatic rings. The highest BCUT2D eigenvalue weighted by Gasteiger charge is 2.05. The van der Waals surface area contributed by atoms with Gasteiger partial charge in [-0.15, -0.1) is 0 Å². The summed E-state index contributed by atoms with van der Waals surface area (Å²) in [5.41, 5.74) is 3.49. The minimum Gasteiger partial charge on any atom is -0.396 e. The van der Waals surface area contributed by atoms with Crippen LogP contribution in [0.1, 0.15) is 30.9 Å². The molecule has 1 aromatic carbocycles. The monoisotopic (exact) mass is 274 g/mol. The summed E-state index contributed by atoms with van der Waals surface area (Å²) in [4.78, 5) is 3.97. The standard InChI is InChI=1S/C15H22N4O/c1-12-8-14(9-17-13(2)4-3-7-20)5-6-15(12)19-11-16-10-18-19/h5-6,8,10-11,13,17,20H,3-4,7,9H2,1-2H3. The van der Waals surface area contributed by atoms with Crippen LogP contribution in [0.15, 0.2) is 30.9 Å². The first kappa shape index (κ1) is 14.7. The highest BCUT2D eigenvalue weighted by Crippen LogP contribution is 2.14. The number of nitrogens with one attached hydrogen (secondary N) is 1. The minimum absolute atomic E-state index is 0.262. The van der Waals surface area contributed by atoms with Crippen LogP contribution in [-0.2, 0) is 6.54 Å². The molecule has 0 spiro atoms. The van der Waals surface area contributed by atoms with Gasteiger partial charge in [0, 0.05) is 19.2 Å². The van der Waals surface area contributed by atoms with Gasteiger partial charge in [-0.3, -0.25) is 0 Å². The van der Waals surface area contributed by atoms with Crippen molar-refractivity contribution in [1.29, 1.82) is 0 Å². The predicted molar refractivity (Wildman–Crippen MR) is 78.7 cm³/mol. The normalized spacial score (nSPS) is 12.6. The molecule has 5 heteroatoms. The summed E-state index contributed by atoms with van der Waals surface area (Å²) in [5, 5.41) is 16.4. The second-order valence-electron chi connectivity index (χ2n) is 5.11. The summed E-state index contributed by atoms with van der Waals surface area (Å²) in [6.45, 7) is 5.32. The lowest BCUT2D eigenvalue weighted by Gasteiger charge is -2.14. The number of aromatic nitrogens is 3. The molecule has 2 N–H and O–H groups in total. The zero-order valence-corrected chi connectivity index (χ0v) is 12.1. The quantitative estimate of drug-likeness (QED) is 0.808. The van der Waals surface area contributed by atoms with E-state index >= 15 is 0 Å². The molecule has 1 heterocycles. The number of rotatable bonds is 7. The van der Waals surface area contributed by atoms with Crippen molar-refractivity contribution in [1.82, 2.24) is 20.1 Å². The Balaban J connectivity index is 1.96. The molecule has 0 aliphatic carbocycles. The molecule has 0 amide bonds. The summed E-state index contributed by atoms with van der Waals surface area (Å²) >= 11 is 0. The van der Waals surface area contributed by atoms with E-state index < -0.39 is 0 Å². The van der Waals surface area contributed by atoms with E-state index in [0.717, 1.165) is 25.1 Å². The first-order valence-corrected chi connectivity index (χ1v) is 6.99. The Labute approximate surface area is 119 Å². The molecule has 0 fully saturated rings. The molecule has 0 saturated heterocycles. The van der Waals surface area contributed by atoms with Crippen molar-refractivity contribution < 1.29 is 5.11 Å². The van der Waals surface area contributed by atoms with Crippen LogP contribution in [0.5, 0.6) is 0 Å². The number of aryl methyl sites for hydroxylation is 1. The third-order valence-corrected chi connectivity index (χ3v) is 3.38. The van der Waals surface area contributed by atoms with Gasteiger partial charge in [-0.25, -0.2) is 9.67 Å². The summed E-state index contributed by atoms with van der Waals surface area (Å²) in [6.07, 6.45) is 5.08. The van der Waals surface area contributed by atoms with Crippen LogP contribution in [0.25, 0.3) is 5.69 Å². The van der Waals surface area contributed by atoms with Crippen LogP contribution >= 0.6 is 0 Å². The van der Waals surface area contributed by atoms with Gasteiger partial charge < -0.3 is 10.4 Å². The van der Waals surface area contributed by atoms with Crippen LogP contribution in [0.3, 0.4) is 0 Å². The van der Waals surface area contributed by atoms with Crippen LogP contribution < -0.4 is 5.32 Å². The summed E-state index contributed by atoms with van der Waals surface area (Å²) in [5.74, 6) is 0.